The Morgan fingerprint density at radius 3 is 2.60 bits per heavy atom. The largest absolute Gasteiger partial charge is 0.329 e. The molecule has 0 aliphatic carbocycles. The highest BCUT2D eigenvalue weighted by Gasteiger charge is 2.18. The molecule has 1 heterocycles. The summed E-state index contributed by atoms with van der Waals surface area (Å²) in [6, 6.07) is 3.01. The van der Waals surface area contributed by atoms with Crippen LogP contribution in [0.1, 0.15) is 6.92 Å². The number of halogens is 2. The molecule has 1 atom stereocenters. The van der Waals surface area contributed by atoms with Crippen LogP contribution in [0.3, 0.4) is 0 Å². The molecule has 88 valence electrons. The topological polar surface area (TPSA) is 72.2 Å². The Morgan fingerprint density at radius 1 is 1.60 bits per heavy atom. The second kappa shape index (κ2) is 6.17. The molecule has 0 aliphatic rings. The molecule has 0 saturated carbocycles. The highest BCUT2D eigenvalue weighted by atomic mass is 79.9. The maximum atomic E-state index is 11.6. The molecule has 1 rings (SSSR count). The van der Waals surface area contributed by atoms with Crippen molar-refractivity contribution in [2.45, 2.75) is 17.2 Å². The van der Waals surface area contributed by atoms with E-state index in [-0.39, 0.29) is 25.0 Å². The van der Waals surface area contributed by atoms with Crippen molar-refractivity contribution < 1.29 is 8.42 Å². The number of nitrogens with one attached hydrogen (secondary N) is 1. The number of sulfonamides is 1. The zero-order chi connectivity index (χ0) is 10.8. The van der Waals surface area contributed by atoms with Gasteiger partial charge in [-0.3, -0.25) is 0 Å². The molecule has 0 aliphatic heterocycles. The predicted molar refractivity (Wildman–Crippen MR) is 68.1 cm³/mol. The van der Waals surface area contributed by atoms with Crippen molar-refractivity contribution in [2.24, 2.45) is 5.73 Å². The van der Waals surface area contributed by atoms with Gasteiger partial charge in [-0.05, 0) is 35.0 Å². The first kappa shape index (κ1) is 15.3. The smallest absolute Gasteiger partial charge is 0.250 e. The number of hydrogen-bond donors (Lipinski definition) is 2. The van der Waals surface area contributed by atoms with Crippen molar-refractivity contribution in [1.29, 1.82) is 0 Å². The summed E-state index contributed by atoms with van der Waals surface area (Å²) in [6.07, 6.45) is 0. The van der Waals surface area contributed by atoms with Crippen LogP contribution in [-0.4, -0.2) is 21.0 Å². The third kappa shape index (κ3) is 4.38. The molecular weight excluding hydrogens is 324 g/mol. The molecule has 0 fully saturated rings. The van der Waals surface area contributed by atoms with Crippen LogP contribution in [0.15, 0.2) is 20.1 Å². The first-order valence-corrected chi connectivity index (χ1v) is 7.02. The van der Waals surface area contributed by atoms with Crippen LogP contribution in [0.25, 0.3) is 0 Å². The Morgan fingerprint density at radius 2 is 2.20 bits per heavy atom. The van der Waals surface area contributed by atoms with E-state index < -0.39 is 10.0 Å². The van der Waals surface area contributed by atoms with E-state index >= 15 is 0 Å². The maximum absolute atomic E-state index is 11.6. The van der Waals surface area contributed by atoms with Gasteiger partial charge >= 0.3 is 0 Å². The molecule has 3 N–H and O–H groups in total. The van der Waals surface area contributed by atoms with Gasteiger partial charge in [0.2, 0.25) is 10.0 Å². The second-order valence-electron chi connectivity index (χ2n) is 2.82. The first-order chi connectivity index (χ1) is 6.45. The van der Waals surface area contributed by atoms with Crippen LogP contribution >= 0.6 is 39.7 Å². The highest BCUT2D eigenvalue weighted by molar-refractivity contribution is 9.11. The quantitative estimate of drug-likeness (QED) is 0.877. The van der Waals surface area contributed by atoms with Crippen molar-refractivity contribution in [3.63, 3.8) is 0 Å². The third-order valence-electron chi connectivity index (χ3n) is 1.52. The summed E-state index contributed by atoms with van der Waals surface area (Å²) in [7, 11) is -3.39. The van der Waals surface area contributed by atoms with E-state index in [4.69, 9.17) is 5.73 Å². The molecule has 0 spiro atoms. The Balaban J connectivity index is 0.00000196. The SMILES string of the molecule is C[C@H](CN)NS(=O)(=O)c1ccc(Br)s1.Cl. The minimum Gasteiger partial charge on any atom is -0.329 e. The van der Waals surface area contributed by atoms with Crippen molar-refractivity contribution in [3.05, 3.63) is 15.9 Å². The lowest BCUT2D eigenvalue weighted by atomic mass is 10.4. The Labute approximate surface area is 108 Å². The Kier molecular flexibility index (Phi) is 6.31. The van der Waals surface area contributed by atoms with E-state index in [0.29, 0.717) is 4.21 Å². The van der Waals surface area contributed by atoms with Crippen molar-refractivity contribution >= 4 is 49.7 Å². The summed E-state index contributed by atoms with van der Waals surface area (Å²) in [5.74, 6) is 0. The lowest BCUT2D eigenvalue weighted by molar-refractivity contribution is 0.564. The Hall–Kier alpha value is 0.340. The molecule has 0 unspecified atom stereocenters. The van der Waals surface area contributed by atoms with Crippen LogP contribution in [0.5, 0.6) is 0 Å². The van der Waals surface area contributed by atoms with Gasteiger partial charge in [0.05, 0.1) is 3.79 Å². The molecule has 1 aromatic heterocycles. The van der Waals surface area contributed by atoms with E-state index in [1.54, 1.807) is 19.1 Å². The number of rotatable bonds is 4. The summed E-state index contributed by atoms with van der Waals surface area (Å²) < 4.78 is 26.8. The van der Waals surface area contributed by atoms with Gasteiger partial charge in [0.25, 0.3) is 0 Å². The molecule has 0 radical (unpaired) electrons. The number of hydrogen-bond acceptors (Lipinski definition) is 4. The van der Waals surface area contributed by atoms with Crippen LogP contribution in [-0.2, 0) is 10.0 Å². The summed E-state index contributed by atoms with van der Waals surface area (Å²) in [4.78, 5) is 0. The van der Waals surface area contributed by atoms with Gasteiger partial charge in [0, 0.05) is 12.6 Å². The standard InChI is InChI=1S/C7H11BrN2O2S2.ClH/c1-5(4-9)10-14(11,12)7-3-2-6(8)13-7;/h2-3,5,10H,4,9H2,1H3;1H/t5-;/m1./s1. The molecule has 0 amide bonds. The third-order valence-corrected chi connectivity index (χ3v) is 5.23. The van der Waals surface area contributed by atoms with Crippen LogP contribution in [0, 0.1) is 0 Å². The van der Waals surface area contributed by atoms with Gasteiger partial charge in [-0.15, -0.1) is 23.7 Å². The summed E-state index contributed by atoms with van der Waals surface area (Å²) in [5.41, 5.74) is 5.33. The average Bonchev–Trinajstić information content (AvgIpc) is 2.51. The Bertz CT molecular complexity index is 407. The molecule has 4 nitrogen and oxygen atoms in total. The zero-order valence-corrected chi connectivity index (χ0v) is 12.0. The van der Waals surface area contributed by atoms with Gasteiger partial charge < -0.3 is 5.73 Å². The molecule has 15 heavy (non-hydrogen) atoms. The number of nitrogens with two attached hydrogens (primary N) is 1. The molecular formula is C7H12BrClN2O2S2. The van der Waals surface area contributed by atoms with Gasteiger partial charge in [-0.25, -0.2) is 13.1 Å². The summed E-state index contributed by atoms with van der Waals surface area (Å²) in [5, 5.41) is 0. The summed E-state index contributed by atoms with van der Waals surface area (Å²) in [6.45, 7) is 2.01. The molecule has 0 saturated heterocycles. The van der Waals surface area contributed by atoms with Crippen molar-refractivity contribution in [3.8, 4) is 0 Å². The fraction of sp³-hybridized carbons (Fsp3) is 0.429. The van der Waals surface area contributed by atoms with Crippen LogP contribution in [0.4, 0.5) is 0 Å². The van der Waals surface area contributed by atoms with Gasteiger partial charge in [-0.2, -0.15) is 0 Å². The van der Waals surface area contributed by atoms with E-state index in [0.717, 1.165) is 3.79 Å². The normalized spacial score (nSPS) is 13.3. The van der Waals surface area contributed by atoms with E-state index in [1.165, 1.54) is 11.3 Å². The maximum Gasteiger partial charge on any atom is 0.250 e. The summed E-state index contributed by atoms with van der Waals surface area (Å²) >= 11 is 4.38. The fourth-order valence-corrected chi connectivity index (χ4v) is 4.10. The average molecular weight is 336 g/mol. The molecule has 0 bridgehead atoms. The van der Waals surface area contributed by atoms with E-state index in [9.17, 15) is 8.42 Å². The lowest BCUT2D eigenvalue weighted by Gasteiger charge is -2.09. The van der Waals surface area contributed by atoms with Crippen LogP contribution < -0.4 is 10.5 Å². The van der Waals surface area contributed by atoms with Gasteiger partial charge in [0.15, 0.2) is 0 Å². The first-order valence-electron chi connectivity index (χ1n) is 3.93. The molecule has 8 heteroatoms. The van der Waals surface area contributed by atoms with Gasteiger partial charge in [-0.1, -0.05) is 0 Å². The zero-order valence-electron chi connectivity index (χ0n) is 7.94. The molecule has 1 aromatic rings. The van der Waals surface area contributed by atoms with Crippen molar-refractivity contribution in [2.75, 3.05) is 6.54 Å². The number of thiophene rings is 1. The van der Waals surface area contributed by atoms with Crippen molar-refractivity contribution in [1.82, 2.24) is 4.72 Å². The minimum absolute atomic E-state index is 0. The minimum atomic E-state index is -3.39. The molecule has 0 aromatic carbocycles. The van der Waals surface area contributed by atoms with E-state index in [2.05, 4.69) is 20.7 Å². The predicted octanol–water partition coefficient (Wildman–Crippen LogP) is 1.56. The monoisotopic (exact) mass is 334 g/mol. The van der Waals surface area contributed by atoms with Crippen LogP contribution in [0.2, 0.25) is 0 Å². The fourth-order valence-electron chi connectivity index (χ4n) is 0.813. The van der Waals surface area contributed by atoms with Gasteiger partial charge in [0.1, 0.15) is 4.21 Å². The lowest BCUT2D eigenvalue weighted by Crippen LogP contribution is -2.37. The second-order valence-corrected chi connectivity index (χ2v) is 7.22. The van der Waals surface area contributed by atoms with E-state index in [1.807, 2.05) is 0 Å². The highest BCUT2D eigenvalue weighted by Crippen LogP contribution is 2.25.